The Morgan fingerprint density at radius 2 is 1.52 bits per heavy atom. The third kappa shape index (κ3) is 5.10. The average molecular weight is 368 g/mol. The van der Waals surface area contributed by atoms with Crippen molar-refractivity contribution in [1.82, 2.24) is 0 Å². The Hall–Kier alpha value is -1.41. The summed E-state index contributed by atoms with van der Waals surface area (Å²) < 4.78 is 6.57. The Morgan fingerprint density at radius 3 is 2.22 bits per heavy atom. The van der Waals surface area contributed by atoms with Crippen LogP contribution < -0.4 is 0 Å². The van der Waals surface area contributed by atoms with E-state index in [4.69, 9.17) is 4.74 Å². The van der Waals surface area contributed by atoms with Crippen LogP contribution in [-0.2, 0) is 4.74 Å². The summed E-state index contributed by atoms with van der Waals surface area (Å²) in [6, 6.07) is 7.45. The third-order valence-electron chi connectivity index (χ3n) is 7.07. The largest absolute Gasteiger partial charge is 0.508 e. The van der Waals surface area contributed by atoms with Crippen molar-refractivity contribution in [3.05, 3.63) is 42.0 Å². The number of benzene rings is 1. The zero-order valence-electron chi connectivity index (χ0n) is 16.6. The van der Waals surface area contributed by atoms with Crippen molar-refractivity contribution in [2.45, 2.75) is 83.2 Å². The molecule has 146 valence electrons. The van der Waals surface area contributed by atoms with Crippen LogP contribution in [0.15, 0.2) is 30.3 Å². The summed E-state index contributed by atoms with van der Waals surface area (Å²) in [5.41, 5.74) is 1.13. The van der Waals surface area contributed by atoms with E-state index in [0.29, 0.717) is 11.7 Å². The van der Waals surface area contributed by atoms with Crippen LogP contribution in [0.1, 0.15) is 82.6 Å². The van der Waals surface area contributed by atoms with E-state index < -0.39 is 0 Å². The molecule has 2 atom stereocenters. The zero-order chi connectivity index (χ0) is 18.5. The van der Waals surface area contributed by atoms with Gasteiger partial charge in [-0.15, -0.1) is 0 Å². The van der Waals surface area contributed by atoms with Gasteiger partial charge in [-0.25, -0.2) is 0 Å². The highest BCUT2D eigenvalue weighted by molar-refractivity contribution is 5.51. The minimum Gasteiger partial charge on any atom is -0.508 e. The highest BCUT2D eigenvalue weighted by Gasteiger charge is 2.46. The molecule has 2 nitrogen and oxygen atoms in total. The molecule has 1 N–H and O–H groups in total. The van der Waals surface area contributed by atoms with E-state index in [1.54, 1.807) is 12.1 Å². The summed E-state index contributed by atoms with van der Waals surface area (Å²) in [6.07, 6.45) is 22.4. The second-order valence-electron chi connectivity index (χ2n) is 9.01. The Morgan fingerprint density at radius 1 is 0.852 bits per heavy atom. The van der Waals surface area contributed by atoms with Crippen LogP contribution in [0.25, 0.3) is 6.08 Å². The SMILES string of the molecule is Oc1ccc(/C=C/C2CC(C3CCCCC3)C[C+](C3CCCCC3)O2)cc1. The highest BCUT2D eigenvalue weighted by Crippen LogP contribution is 2.45. The molecule has 3 fully saturated rings. The number of hydrogen-bond donors (Lipinski definition) is 1. The van der Waals surface area contributed by atoms with Gasteiger partial charge in [0.2, 0.25) is 6.10 Å². The molecule has 0 spiro atoms. The fraction of sp³-hybridized carbons (Fsp3) is 0.640. The molecule has 2 heteroatoms. The van der Waals surface area contributed by atoms with Crippen LogP contribution in [0.3, 0.4) is 0 Å². The Labute approximate surface area is 165 Å². The number of ether oxygens (including phenoxy) is 1. The lowest BCUT2D eigenvalue weighted by molar-refractivity contribution is -0.0249. The summed E-state index contributed by atoms with van der Waals surface area (Å²) in [5.74, 6) is 2.75. The van der Waals surface area contributed by atoms with E-state index in [9.17, 15) is 5.11 Å². The number of phenols is 1. The molecule has 2 unspecified atom stereocenters. The molecule has 1 aromatic rings. The van der Waals surface area contributed by atoms with E-state index >= 15 is 0 Å². The Balaban J connectivity index is 1.45. The van der Waals surface area contributed by atoms with E-state index in [0.717, 1.165) is 17.4 Å². The lowest BCUT2D eigenvalue weighted by atomic mass is 9.71. The molecular formula is C25H35O2+. The van der Waals surface area contributed by atoms with Crippen LogP contribution in [-0.4, -0.2) is 11.2 Å². The van der Waals surface area contributed by atoms with Gasteiger partial charge < -0.3 is 5.11 Å². The van der Waals surface area contributed by atoms with Crippen molar-refractivity contribution in [3.63, 3.8) is 0 Å². The number of aromatic hydroxyl groups is 1. The van der Waals surface area contributed by atoms with Gasteiger partial charge in [-0.3, -0.25) is 0 Å². The molecule has 0 aromatic heterocycles. The lowest BCUT2D eigenvalue weighted by Gasteiger charge is -2.35. The molecule has 1 aromatic carbocycles. The van der Waals surface area contributed by atoms with E-state index in [1.807, 2.05) is 12.1 Å². The first kappa shape index (κ1) is 18.9. The Kier molecular flexibility index (Phi) is 6.44. The van der Waals surface area contributed by atoms with Crippen LogP contribution in [0.5, 0.6) is 5.75 Å². The maximum atomic E-state index is 9.48. The zero-order valence-corrected chi connectivity index (χ0v) is 16.6. The maximum Gasteiger partial charge on any atom is 0.245 e. The van der Waals surface area contributed by atoms with Gasteiger partial charge in [-0.05, 0) is 55.7 Å². The van der Waals surface area contributed by atoms with E-state index in [1.165, 1.54) is 83.2 Å². The smallest absolute Gasteiger partial charge is 0.245 e. The molecule has 27 heavy (non-hydrogen) atoms. The summed E-state index contributed by atoms with van der Waals surface area (Å²) >= 11 is 0. The first-order valence-electron chi connectivity index (χ1n) is 11.3. The van der Waals surface area contributed by atoms with Crippen molar-refractivity contribution in [2.75, 3.05) is 0 Å². The van der Waals surface area contributed by atoms with Gasteiger partial charge in [0.05, 0.1) is 0 Å². The second kappa shape index (κ2) is 9.19. The monoisotopic (exact) mass is 367 g/mol. The fourth-order valence-corrected chi connectivity index (χ4v) is 5.50. The van der Waals surface area contributed by atoms with Crippen LogP contribution in [0.4, 0.5) is 0 Å². The molecule has 3 aliphatic rings. The lowest BCUT2D eigenvalue weighted by Crippen LogP contribution is -2.35. The molecule has 0 radical (unpaired) electrons. The normalized spacial score (nSPS) is 28.7. The number of hydrogen-bond acceptors (Lipinski definition) is 2. The van der Waals surface area contributed by atoms with Crippen LogP contribution in [0.2, 0.25) is 0 Å². The van der Waals surface area contributed by atoms with Gasteiger partial charge in [0.1, 0.15) is 24.2 Å². The summed E-state index contributed by atoms with van der Waals surface area (Å²) in [7, 11) is 0. The molecule has 1 saturated heterocycles. The predicted octanol–water partition coefficient (Wildman–Crippen LogP) is 6.89. The fourth-order valence-electron chi connectivity index (χ4n) is 5.50. The molecular weight excluding hydrogens is 332 g/mol. The van der Waals surface area contributed by atoms with Crippen molar-refractivity contribution >= 4 is 6.08 Å². The molecule has 0 bridgehead atoms. The van der Waals surface area contributed by atoms with Gasteiger partial charge in [0.15, 0.2) is 0 Å². The van der Waals surface area contributed by atoms with Crippen LogP contribution in [0, 0.1) is 23.9 Å². The minimum atomic E-state index is 0.219. The van der Waals surface area contributed by atoms with Crippen molar-refractivity contribution < 1.29 is 9.84 Å². The average Bonchev–Trinajstić information content (AvgIpc) is 2.74. The number of rotatable bonds is 4. The van der Waals surface area contributed by atoms with Gasteiger partial charge in [0, 0.05) is 5.92 Å². The number of phenolic OH excluding ortho intramolecular Hbond substituents is 1. The molecule has 0 amide bonds. The van der Waals surface area contributed by atoms with Crippen molar-refractivity contribution in [3.8, 4) is 5.75 Å². The molecule has 2 aliphatic carbocycles. The van der Waals surface area contributed by atoms with Crippen molar-refractivity contribution in [1.29, 1.82) is 0 Å². The maximum absolute atomic E-state index is 9.48. The Bertz CT molecular complexity index is 567. The van der Waals surface area contributed by atoms with Gasteiger partial charge in [0.25, 0.3) is 0 Å². The van der Waals surface area contributed by atoms with E-state index in [-0.39, 0.29) is 6.10 Å². The topological polar surface area (TPSA) is 29.5 Å². The minimum absolute atomic E-state index is 0.219. The van der Waals surface area contributed by atoms with Gasteiger partial charge >= 0.3 is 0 Å². The first-order chi connectivity index (χ1) is 13.3. The molecule has 2 saturated carbocycles. The van der Waals surface area contributed by atoms with E-state index in [2.05, 4.69) is 12.2 Å². The standard InChI is InChI=1S/C25H34O2/c26-23-14-11-19(12-15-23)13-16-24-17-22(20-7-3-1-4-8-20)18-25(27-24)21-9-5-2-6-10-21/h11-16,20-22,24H,1-10,17-18H2/p+1/b16-13+. The third-order valence-corrected chi connectivity index (χ3v) is 7.07. The molecule has 1 heterocycles. The van der Waals surface area contributed by atoms with Gasteiger partial charge in [-0.2, -0.15) is 4.74 Å². The van der Waals surface area contributed by atoms with Gasteiger partial charge in [-0.1, -0.05) is 62.8 Å². The molecule has 4 rings (SSSR count). The van der Waals surface area contributed by atoms with Crippen LogP contribution >= 0.6 is 0 Å². The summed E-state index contributed by atoms with van der Waals surface area (Å²) in [4.78, 5) is 0. The second-order valence-corrected chi connectivity index (χ2v) is 9.01. The molecule has 1 aliphatic heterocycles. The summed E-state index contributed by atoms with van der Waals surface area (Å²) in [6.45, 7) is 0. The highest BCUT2D eigenvalue weighted by atomic mass is 16.5. The summed E-state index contributed by atoms with van der Waals surface area (Å²) in [5, 5.41) is 9.48. The quantitative estimate of drug-likeness (QED) is 0.587. The first-order valence-corrected chi connectivity index (χ1v) is 11.3. The predicted molar refractivity (Wildman–Crippen MR) is 111 cm³/mol. The van der Waals surface area contributed by atoms with Crippen molar-refractivity contribution in [2.24, 2.45) is 17.8 Å².